The summed E-state index contributed by atoms with van der Waals surface area (Å²) in [5.74, 6) is 0.814. The van der Waals surface area contributed by atoms with E-state index >= 15 is 0 Å². The number of hydrogen-bond acceptors (Lipinski definition) is 4. The minimum Gasteiger partial charge on any atom is -0.454 e. The Bertz CT molecular complexity index is 704. The Morgan fingerprint density at radius 3 is 2.52 bits per heavy atom. The van der Waals surface area contributed by atoms with Gasteiger partial charge in [-0.3, -0.25) is 9.59 Å². The highest BCUT2D eigenvalue weighted by molar-refractivity contribution is 6.12. The molecule has 1 heterocycles. The molecule has 4 nitrogen and oxygen atoms in total. The van der Waals surface area contributed by atoms with Crippen molar-refractivity contribution in [2.75, 3.05) is 6.79 Å². The molecule has 4 heteroatoms. The predicted octanol–water partition coefficient (Wildman–Crippen LogP) is 2.78. The number of rotatable bonds is 4. The van der Waals surface area contributed by atoms with Crippen molar-refractivity contribution in [3.63, 3.8) is 0 Å². The molecular formula is C17H14O4. The van der Waals surface area contributed by atoms with Gasteiger partial charge in [0.2, 0.25) is 6.79 Å². The molecule has 1 aliphatic rings. The fourth-order valence-corrected chi connectivity index (χ4v) is 2.41. The number of ketones is 2. The number of hydrogen-bond donors (Lipinski definition) is 0. The van der Waals surface area contributed by atoms with E-state index in [1.807, 2.05) is 6.07 Å². The molecule has 0 aromatic heterocycles. The maximum atomic E-state index is 12.8. The molecule has 0 radical (unpaired) electrons. The van der Waals surface area contributed by atoms with E-state index in [1.54, 1.807) is 36.4 Å². The highest BCUT2D eigenvalue weighted by Crippen LogP contribution is 2.38. The second-order valence-electron chi connectivity index (χ2n) is 4.91. The lowest BCUT2D eigenvalue weighted by atomic mass is 9.94. The molecule has 3 rings (SSSR count). The Labute approximate surface area is 122 Å². The van der Waals surface area contributed by atoms with Crippen LogP contribution in [0.4, 0.5) is 0 Å². The normalized spacial score (nSPS) is 12.2. The maximum Gasteiger partial charge on any atom is 0.231 e. The SMILES string of the molecule is CC(=O)Cc1ccc2c(c1C(=O)c1ccccc1)OCO2. The fraction of sp³-hybridized carbons (Fsp3) is 0.176. The smallest absolute Gasteiger partial charge is 0.231 e. The van der Waals surface area contributed by atoms with Crippen LogP contribution in [0.5, 0.6) is 11.5 Å². The summed E-state index contributed by atoms with van der Waals surface area (Å²) in [7, 11) is 0. The molecule has 0 bridgehead atoms. The van der Waals surface area contributed by atoms with Crippen molar-refractivity contribution in [3.05, 3.63) is 59.2 Å². The molecular weight excluding hydrogens is 268 g/mol. The summed E-state index contributed by atoms with van der Waals surface area (Å²) in [5, 5.41) is 0. The van der Waals surface area contributed by atoms with Crippen molar-refractivity contribution >= 4 is 11.6 Å². The molecule has 0 amide bonds. The lowest BCUT2D eigenvalue weighted by molar-refractivity contribution is -0.116. The van der Waals surface area contributed by atoms with Gasteiger partial charge in [0.25, 0.3) is 0 Å². The third kappa shape index (κ3) is 2.52. The van der Waals surface area contributed by atoms with Crippen LogP contribution in [-0.2, 0) is 11.2 Å². The van der Waals surface area contributed by atoms with Crippen molar-refractivity contribution in [2.45, 2.75) is 13.3 Å². The molecule has 0 aliphatic carbocycles. The monoisotopic (exact) mass is 282 g/mol. The van der Waals surface area contributed by atoms with Gasteiger partial charge in [0.15, 0.2) is 17.3 Å². The lowest BCUT2D eigenvalue weighted by Gasteiger charge is -2.10. The van der Waals surface area contributed by atoms with Crippen LogP contribution in [0.3, 0.4) is 0 Å². The molecule has 106 valence electrons. The number of carbonyl (C=O) groups excluding carboxylic acids is 2. The van der Waals surface area contributed by atoms with Crippen LogP contribution in [0.15, 0.2) is 42.5 Å². The van der Waals surface area contributed by atoms with Crippen LogP contribution in [-0.4, -0.2) is 18.4 Å². The van der Waals surface area contributed by atoms with Gasteiger partial charge in [-0.1, -0.05) is 36.4 Å². The lowest BCUT2D eigenvalue weighted by Crippen LogP contribution is -2.09. The van der Waals surface area contributed by atoms with Gasteiger partial charge in [0.1, 0.15) is 5.78 Å². The predicted molar refractivity (Wildman–Crippen MR) is 76.8 cm³/mol. The quantitative estimate of drug-likeness (QED) is 0.809. The third-order valence-electron chi connectivity index (χ3n) is 3.33. The van der Waals surface area contributed by atoms with E-state index in [-0.39, 0.29) is 24.8 Å². The summed E-state index contributed by atoms with van der Waals surface area (Å²) in [6, 6.07) is 12.4. The maximum absolute atomic E-state index is 12.8. The zero-order valence-electron chi connectivity index (χ0n) is 11.6. The molecule has 0 spiro atoms. The Morgan fingerprint density at radius 2 is 1.81 bits per heavy atom. The molecule has 2 aromatic carbocycles. The van der Waals surface area contributed by atoms with E-state index in [1.165, 1.54) is 6.92 Å². The number of fused-ring (bicyclic) bond motifs is 1. The van der Waals surface area contributed by atoms with Gasteiger partial charge in [-0.15, -0.1) is 0 Å². The molecule has 0 saturated heterocycles. The van der Waals surface area contributed by atoms with E-state index in [0.717, 1.165) is 0 Å². The number of carbonyl (C=O) groups is 2. The minimum absolute atomic E-state index is 0.00373. The first-order valence-electron chi connectivity index (χ1n) is 6.67. The standard InChI is InChI=1S/C17H14O4/c1-11(18)9-13-7-8-14-17(21-10-20-14)15(13)16(19)12-5-3-2-4-6-12/h2-8H,9-10H2,1H3. The van der Waals surface area contributed by atoms with Crippen molar-refractivity contribution < 1.29 is 19.1 Å². The van der Waals surface area contributed by atoms with Gasteiger partial charge in [0, 0.05) is 12.0 Å². The van der Waals surface area contributed by atoms with Crippen molar-refractivity contribution in [3.8, 4) is 11.5 Å². The topological polar surface area (TPSA) is 52.6 Å². The van der Waals surface area contributed by atoms with Gasteiger partial charge < -0.3 is 9.47 Å². The second-order valence-corrected chi connectivity index (χ2v) is 4.91. The van der Waals surface area contributed by atoms with Crippen LogP contribution >= 0.6 is 0 Å². The van der Waals surface area contributed by atoms with Crippen LogP contribution in [0.2, 0.25) is 0 Å². The van der Waals surface area contributed by atoms with E-state index in [2.05, 4.69) is 0 Å². The van der Waals surface area contributed by atoms with Crippen LogP contribution in [0.25, 0.3) is 0 Å². The average Bonchev–Trinajstić information content (AvgIpc) is 2.95. The summed E-state index contributed by atoms with van der Waals surface area (Å²) in [6.45, 7) is 1.59. The summed E-state index contributed by atoms with van der Waals surface area (Å²) >= 11 is 0. The zero-order valence-corrected chi connectivity index (χ0v) is 11.6. The number of benzene rings is 2. The van der Waals surface area contributed by atoms with E-state index < -0.39 is 0 Å². The summed E-state index contributed by atoms with van der Waals surface area (Å²) in [5.41, 5.74) is 1.65. The molecule has 2 aromatic rings. The Kier molecular flexibility index (Phi) is 3.44. The fourth-order valence-electron chi connectivity index (χ4n) is 2.41. The first-order chi connectivity index (χ1) is 10.2. The van der Waals surface area contributed by atoms with E-state index in [4.69, 9.17) is 9.47 Å². The molecule has 1 aliphatic heterocycles. The highest BCUT2D eigenvalue weighted by Gasteiger charge is 2.26. The summed E-state index contributed by atoms with van der Waals surface area (Å²) in [6.07, 6.45) is 0.199. The van der Waals surface area contributed by atoms with Gasteiger partial charge in [-0.2, -0.15) is 0 Å². The van der Waals surface area contributed by atoms with E-state index in [0.29, 0.717) is 28.2 Å². The Balaban J connectivity index is 2.13. The highest BCUT2D eigenvalue weighted by atomic mass is 16.7. The molecule has 0 fully saturated rings. The summed E-state index contributed by atoms with van der Waals surface area (Å²) in [4.78, 5) is 24.2. The molecule has 0 saturated carbocycles. The Morgan fingerprint density at radius 1 is 1.05 bits per heavy atom. The molecule has 0 atom stereocenters. The summed E-state index contributed by atoms with van der Waals surface area (Å²) < 4.78 is 10.8. The third-order valence-corrected chi connectivity index (χ3v) is 3.33. The number of Topliss-reactive ketones (excluding diaryl/α,β-unsaturated/α-hetero) is 1. The first kappa shape index (κ1) is 13.4. The van der Waals surface area contributed by atoms with Gasteiger partial charge in [-0.25, -0.2) is 0 Å². The van der Waals surface area contributed by atoms with E-state index in [9.17, 15) is 9.59 Å². The number of ether oxygens (including phenoxy) is 2. The van der Waals surface area contributed by atoms with Crippen LogP contribution in [0, 0.1) is 0 Å². The first-order valence-corrected chi connectivity index (χ1v) is 6.67. The van der Waals surface area contributed by atoms with Crippen molar-refractivity contribution in [2.24, 2.45) is 0 Å². The zero-order chi connectivity index (χ0) is 14.8. The minimum atomic E-state index is -0.158. The molecule has 0 unspecified atom stereocenters. The average molecular weight is 282 g/mol. The molecule has 0 N–H and O–H groups in total. The van der Waals surface area contributed by atoms with Crippen molar-refractivity contribution in [1.82, 2.24) is 0 Å². The van der Waals surface area contributed by atoms with Gasteiger partial charge in [-0.05, 0) is 18.6 Å². The second kappa shape index (κ2) is 5.40. The van der Waals surface area contributed by atoms with Gasteiger partial charge in [0.05, 0.1) is 5.56 Å². The Hall–Kier alpha value is -2.62. The van der Waals surface area contributed by atoms with Gasteiger partial charge >= 0.3 is 0 Å². The molecule has 21 heavy (non-hydrogen) atoms. The van der Waals surface area contributed by atoms with Crippen molar-refractivity contribution in [1.29, 1.82) is 0 Å². The van der Waals surface area contributed by atoms with Crippen LogP contribution < -0.4 is 9.47 Å². The van der Waals surface area contributed by atoms with Crippen LogP contribution in [0.1, 0.15) is 28.4 Å². The largest absolute Gasteiger partial charge is 0.454 e.